The van der Waals surface area contributed by atoms with Crippen LogP contribution < -0.4 is 30.2 Å². The molecule has 0 saturated carbocycles. The summed E-state index contributed by atoms with van der Waals surface area (Å²) in [4.78, 5) is 36.2. The van der Waals surface area contributed by atoms with Gasteiger partial charge in [0.05, 0.1) is 19.8 Å². The highest BCUT2D eigenvalue weighted by molar-refractivity contribution is 5.99. The van der Waals surface area contributed by atoms with Crippen molar-refractivity contribution in [3.8, 4) is 17.2 Å². The first-order valence-corrected chi connectivity index (χ1v) is 10.4. The summed E-state index contributed by atoms with van der Waals surface area (Å²) in [5.74, 6) is 0.412. The number of anilines is 1. The Morgan fingerprint density at radius 1 is 0.812 bits per heavy atom. The second-order valence-electron chi connectivity index (χ2n) is 6.53. The Hall–Kier alpha value is -3.75. The summed E-state index contributed by atoms with van der Waals surface area (Å²) in [5, 5.41) is 7.89. The van der Waals surface area contributed by atoms with Gasteiger partial charge in [-0.15, -0.1) is 0 Å². The highest BCUT2D eigenvalue weighted by atomic mass is 16.5. The van der Waals surface area contributed by atoms with Crippen LogP contribution >= 0.6 is 0 Å². The van der Waals surface area contributed by atoms with E-state index in [4.69, 9.17) is 14.2 Å². The van der Waals surface area contributed by atoms with E-state index in [1.807, 2.05) is 20.8 Å². The molecule has 9 nitrogen and oxygen atoms in total. The molecule has 0 aromatic heterocycles. The maximum Gasteiger partial charge on any atom is 0.257 e. The van der Waals surface area contributed by atoms with Crippen LogP contribution in [0.25, 0.3) is 0 Å². The number of carbonyl (C=O) groups is 3. The molecule has 2 rings (SSSR count). The van der Waals surface area contributed by atoms with Crippen molar-refractivity contribution in [3.05, 3.63) is 48.0 Å². The number of likely N-dealkylation sites (N-methyl/N-ethyl adjacent to an activating group) is 1. The van der Waals surface area contributed by atoms with Gasteiger partial charge in [-0.3, -0.25) is 14.4 Å². The molecule has 172 valence electrons. The quantitative estimate of drug-likeness (QED) is 0.464. The smallest absolute Gasteiger partial charge is 0.257 e. The fraction of sp³-hybridized carbons (Fsp3) is 0.348. The number of amides is 3. The highest BCUT2D eigenvalue weighted by Gasteiger charge is 2.13. The largest absolute Gasteiger partial charge is 0.490 e. The Balaban J connectivity index is 1.90. The average Bonchev–Trinajstić information content (AvgIpc) is 2.78. The molecule has 0 spiro atoms. The van der Waals surface area contributed by atoms with Crippen LogP contribution in [-0.4, -0.2) is 50.6 Å². The fourth-order valence-electron chi connectivity index (χ4n) is 2.72. The summed E-state index contributed by atoms with van der Waals surface area (Å²) in [6, 6.07) is 11.5. The van der Waals surface area contributed by atoms with Crippen molar-refractivity contribution >= 4 is 23.4 Å². The highest BCUT2D eigenvalue weighted by Crippen LogP contribution is 2.28. The zero-order valence-corrected chi connectivity index (χ0v) is 18.5. The number of carbonyl (C=O) groups excluding carboxylic acids is 3. The van der Waals surface area contributed by atoms with Gasteiger partial charge < -0.3 is 30.2 Å². The number of hydrogen-bond donors (Lipinski definition) is 3. The number of rotatable bonds is 12. The Morgan fingerprint density at radius 3 is 2.28 bits per heavy atom. The van der Waals surface area contributed by atoms with Gasteiger partial charge in [-0.05, 0) is 51.1 Å². The zero-order valence-electron chi connectivity index (χ0n) is 18.5. The first kappa shape index (κ1) is 24.5. The van der Waals surface area contributed by atoms with Crippen molar-refractivity contribution < 1.29 is 28.6 Å². The zero-order chi connectivity index (χ0) is 23.3. The molecule has 0 aliphatic rings. The van der Waals surface area contributed by atoms with Crippen molar-refractivity contribution in [2.75, 3.05) is 38.2 Å². The minimum atomic E-state index is -0.414. The molecule has 0 saturated heterocycles. The van der Waals surface area contributed by atoms with Crippen molar-refractivity contribution in [1.29, 1.82) is 0 Å². The van der Waals surface area contributed by atoms with E-state index < -0.39 is 11.8 Å². The van der Waals surface area contributed by atoms with Gasteiger partial charge in [-0.2, -0.15) is 0 Å². The summed E-state index contributed by atoms with van der Waals surface area (Å²) >= 11 is 0. The summed E-state index contributed by atoms with van der Waals surface area (Å²) in [6.07, 6.45) is 0. The van der Waals surface area contributed by atoms with E-state index in [0.29, 0.717) is 48.3 Å². The monoisotopic (exact) mass is 443 g/mol. The Labute approximate surface area is 187 Å². The Morgan fingerprint density at radius 2 is 1.56 bits per heavy atom. The molecule has 0 aliphatic carbocycles. The van der Waals surface area contributed by atoms with Crippen LogP contribution in [0.2, 0.25) is 0 Å². The molecule has 0 radical (unpaired) electrons. The molecule has 2 aromatic carbocycles. The van der Waals surface area contributed by atoms with Crippen LogP contribution in [0.1, 0.15) is 31.1 Å². The van der Waals surface area contributed by atoms with E-state index in [1.54, 1.807) is 42.5 Å². The van der Waals surface area contributed by atoms with Crippen LogP contribution in [0.3, 0.4) is 0 Å². The summed E-state index contributed by atoms with van der Waals surface area (Å²) < 4.78 is 16.4. The van der Waals surface area contributed by atoms with Gasteiger partial charge in [0.1, 0.15) is 5.75 Å². The second kappa shape index (κ2) is 12.8. The topological polar surface area (TPSA) is 115 Å². The lowest BCUT2D eigenvalue weighted by Gasteiger charge is -2.13. The molecule has 0 atom stereocenters. The molecule has 0 heterocycles. The molecule has 0 aliphatic heterocycles. The lowest BCUT2D eigenvalue weighted by molar-refractivity contribution is -0.123. The molecule has 2 aromatic rings. The molecular formula is C23H29N3O6. The fourth-order valence-corrected chi connectivity index (χ4v) is 2.72. The van der Waals surface area contributed by atoms with Crippen LogP contribution in [0.4, 0.5) is 5.69 Å². The maximum atomic E-state index is 12.4. The van der Waals surface area contributed by atoms with E-state index >= 15 is 0 Å². The van der Waals surface area contributed by atoms with Gasteiger partial charge in [0.15, 0.2) is 18.1 Å². The van der Waals surface area contributed by atoms with E-state index in [9.17, 15) is 14.4 Å². The lowest BCUT2D eigenvalue weighted by atomic mass is 10.2. The third-order valence-electron chi connectivity index (χ3n) is 4.08. The third kappa shape index (κ3) is 7.82. The molecule has 9 heteroatoms. The molecule has 0 fully saturated rings. The lowest BCUT2D eigenvalue weighted by Crippen LogP contribution is -2.32. The SMILES string of the molecule is CCNC(=O)COc1cccc(NC(=O)CNC(=O)c2ccc(OCC)c(OCC)c2)c1. The van der Waals surface area contributed by atoms with Crippen molar-refractivity contribution in [2.45, 2.75) is 20.8 Å². The van der Waals surface area contributed by atoms with Crippen LogP contribution in [0.5, 0.6) is 17.2 Å². The van der Waals surface area contributed by atoms with Gasteiger partial charge in [0.25, 0.3) is 11.8 Å². The predicted octanol–water partition coefficient (Wildman–Crippen LogP) is 2.37. The van der Waals surface area contributed by atoms with E-state index in [0.717, 1.165) is 0 Å². The van der Waals surface area contributed by atoms with Crippen LogP contribution in [-0.2, 0) is 9.59 Å². The number of nitrogens with one attached hydrogen (secondary N) is 3. The molecule has 3 amide bonds. The maximum absolute atomic E-state index is 12.4. The molecule has 32 heavy (non-hydrogen) atoms. The first-order chi connectivity index (χ1) is 15.5. The van der Waals surface area contributed by atoms with Crippen molar-refractivity contribution in [1.82, 2.24) is 10.6 Å². The second-order valence-corrected chi connectivity index (χ2v) is 6.53. The predicted molar refractivity (Wildman–Crippen MR) is 120 cm³/mol. The average molecular weight is 444 g/mol. The van der Waals surface area contributed by atoms with Gasteiger partial charge in [-0.25, -0.2) is 0 Å². The molecule has 0 bridgehead atoms. The molecular weight excluding hydrogens is 414 g/mol. The van der Waals surface area contributed by atoms with Gasteiger partial charge in [0, 0.05) is 23.9 Å². The molecule has 0 unspecified atom stereocenters. The summed E-state index contributed by atoms with van der Waals surface area (Å²) in [7, 11) is 0. The minimum absolute atomic E-state index is 0.118. The number of benzene rings is 2. The van der Waals surface area contributed by atoms with Gasteiger partial charge in [0.2, 0.25) is 5.91 Å². The van der Waals surface area contributed by atoms with Crippen LogP contribution in [0, 0.1) is 0 Å². The van der Waals surface area contributed by atoms with Crippen LogP contribution in [0.15, 0.2) is 42.5 Å². The van der Waals surface area contributed by atoms with E-state index in [-0.39, 0.29) is 19.1 Å². The summed E-state index contributed by atoms with van der Waals surface area (Å²) in [5.41, 5.74) is 0.836. The Bertz CT molecular complexity index is 932. The van der Waals surface area contributed by atoms with Gasteiger partial charge in [-0.1, -0.05) is 6.07 Å². The number of hydrogen-bond acceptors (Lipinski definition) is 6. The molecule has 3 N–H and O–H groups in total. The number of ether oxygens (including phenoxy) is 3. The van der Waals surface area contributed by atoms with Crippen molar-refractivity contribution in [3.63, 3.8) is 0 Å². The van der Waals surface area contributed by atoms with E-state index in [2.05, 4.69) is 16.0 Å². The normalized spacial score (nSPS) is 10.1. The summed E-state index contributed by atoms with van der Waals surface area (Å²) in [6.45, 7) is 6.61. The van der Waals surface area contributed by atoms with Gasteiger partial charge >= 0.3 is 0 Å². The standard InChI is InChI=1S/C23H29N3O6/c1-4-24-22(28)15-32-18-9-7-8-17(13-18)26-21(27)14-25-23(29)16-10-11-19(30-5-2)20(12-16)31-6-3/h7-13H,4-6,14-15H2,1-3H3,(H,24,28)(H,25,29)(H,26,27). The van der Waals surface area contributed by atoms with Crippen molar-refractivity contribution in [2.24, 2.45) is 0 Å². The third-order valence-corrected chi connectivity index (χ3v) is 4.08. The first-order valence-electron chi connectivity index (χ1n) is 10.4. The van der Waals surface area contributed by atoms with E-state index in [1.165, 1.54) is 0 Å². The Kier molecular flexibility index (Phi) is 9.83. The minimum Gasteiger partial charge on any atom is -0.490 e.